The molecule has 1 rings (SSSR count). The number of hydrogen-bond donors (Lipinski definition) is 0. The second-order valence-electron chi connectivity index (χ2n) is 8.89. The van der Waals surface area contributed by atoms with Crippen molar-refractivity contribution in [1.82, 2.24) is 0 Å². The van der Waals surface area contributed by atoms with Crippen molar-refractivity contribution < 1.29 is 19.3 Å². The molecule has 1 heterocycles. The maximum Gasteiger partial charge on any atom is 0.315 e. The van der Waals surface area contributed by atoms with E-state index in [0.29, 0.717) is 0 Å². The highest BCUT2D eigenvalue weighted by atomic mass is 17.3. The molecule has 1 aliphatic rings. The van der Waals surface area contributed by atoms with Gasteiger partial charge in [0, 0.05) is 0 Å². The minimum absolute atomic E-state index is 0.0615. The molecule has 0 radical (unpaired) electrons. The Morgan fingerprint density at radius 2 is 1.68 bits per heavy atom. The van der Waals surface area contributed by atoms with Gasteiger partial charge in [-0.2, -0.15) is 0 Å². The van der Waals surface area contributed by atoms with E-state index in [1.807, 2.05) is 48.5 Å². The van der Waals surface area contributed by atoms with E-state index in [0.717, 1.165) is 6.42 Å². The SMILES string of the molecule is CCC(C)(C)OC(=O)C(C)(C(C)C)C1(C)OOC1C(C)(C)C. The average Bonchev–Trinajstić information content (AvgIpc) is 2.32. The van der Waals surface area contributed by atoms with Crippen molar-refractivity contribution in [2.75, 3.05) is 0 Å². The lowest BCUT2D eigenvalue weighted by Gasteiger charge is -2.58. The Morgan fingerprint density at radius 1 is 1.18 bits per heavy atom. The Hall–Kier alpha value is -0.610. The van der Waals surface area contributed by atoms with Gasteiger partial charge in [0.05, 0.1) is 0 Å². The third kappa shape index (κ3) is 3.05. The van der Waals surface area contributed by atoms with E-state index in [1.165, 1.54) is 0 Å². The summed E-state index contributed by atoms with van der Waals surface area (Å²) in [7, 11) is 0. The van der Waals surface area contributed by atoms with Gasteiger partial charge in [-0.1, -0.05) is 41.5 Å². The number of rotatable bonds is 5. The molecule has 4 heteroatoms. The molecule has 1 fully saturated rings. The van der Waals surface area contributed by atoms with Gasteiger partial charge >= 0.3 is 5.97 Å². The van der Waals surface area contributed by atoms with Crippen LogP contribution in [0.1, 0.15) is 75.7 Å². The highest BCUT2D eigenvalue weighted by Gasteiger charge is 2.67. The smallest absolute Gasteiger partial charge is 0.315 e. The first-order chi connectivity index (χ1) is 9.72. The lowest BCUT2D eigenvalue weighted by Crippen LogP contribution is -2.71. The average molecular weight is 314 g/mol. The normalized spacial score (nSPS) is 29.0. The summed E-state index contributed by atoms with van der Waals surface area (Å²) < 4.78 is 5.82. The van der Waals surface area contributed by atoms with Crippen molar-refractivity contribution in [3.8, 4) is 0 Å². The number of carbonyl (C=O) groups excluding carboxylic acids is 1. The Kier molecular flexibility index (Phi) is 5.11. The first-order valence-corrected chi connectivity index (χ1v) is 8.30. The first kappa shape index (κ1) is 19.4. The topological polar surface area (TPSA) is 44.8 Å². The lowest BCUT2D eigenvalue weighted by molar-refractivity contribution is -0.541. The second kappa shape index (κ2) is 5.79. The fourth-order valence-electron chi connectivity index (χ4n) is 3.01. The van der Waals surface area contributed by atoms with E-state index in [1.54, 1.807) is 0 Å². The van der Waals surface area contributed by atoms with Crippen LogP contribution in [0.25, 0.3) is 0 Å². The molecule has 0 N–H and O–H groups in total. The van der Waals surface area contributed by atoms with E-state index in [4.69, 9.17) is 14.5 Å². The van der Waals surface area contributed by atoms with Crippen molar-refractivity contribution in [1.29, 1.82) is 0 Å². The standard InChI is InChI=1S/C18H34O4/c1-11-16(7,8)20-14(19)17(9,12(2)3)18(10)13(21-22-18)15(4,5)6/h12-13H,11H2,1-10H3. The molecule has 3 unspecified atom stereocenters. The van der Waals surface area contributed by atoms with Crippen LogP contribution in [-0.2, 0) is 19.3 Å². The summed E-state index contributed by atoms with van der Waals surface area (Å²) in [4.78, 5) is 24.0. The van der Waals surface area contributed by atoms with Crippen LogP contribution in [0.15, 0.2) is 0 Å². The molecule has 0 aromatic heterocycles. The van der Waals surface area contributed by atoms with Gasteiger partial charge in [0.25, 0.3) is 0 Å². The molecule has 1 aliphatic heterocycles. The predicted molar refractivity (Wildman–Crippen MR) is 87.2 cm³/mol. The quantitative estimate of drug-likeness (QED) is 0.553. The van der Waals surface area contributed by atoms with Crippen LogP contribution in [0.4, 0.5) is 0 Å². The minimum atomic E-state index is -0.782. The summed E-state index contributed by atoms with van der Waals surface area (Å²) in [6.45, 7) is 20.2. The minimum Gasteiger partial charge on any atom is -0.459 e. The van der Waals surface area contributed by atoms with Gasteiger partial charge in [0.15, 0.2) is 0 Å². The van der Waals surface area contributed by atoms with Crippen LogP contribution >= 0.6 is 0 Å². The molecule has 0 bridgehead atoms. The van der Waals surface area contributed by atoms with Crippen LogP contribution < -0.4 is 0 Å². The van der Waals surface area contributed by atoms with Crippen LogP contribution in [-0.4, -0.2) is 23.3 Å². The predicted octanol–water partition coefficient (Wildman–Crippen LogP) is 4.52. The zero-order chi connectivity index (χ0) is 17.6. The van der Waals surface area contributed by atoms with Crippen LogP contribution in [0, 0.1) is 16.7 Å². The summed E-state index contributed by atoms with van der Waals surface area (Å²) in [6, 6.07) is 0. The van der Waals surface area contributed by atoms with Gasteiger partial charge in [-0.3, -0.25) is 4.79 Å². The van der Waals surface area contributed by atoms with E-state index in [2.05, 4.69) is 20.8 Å². The van der Waals surface area contributed by atoms with E-state index in [9.17, 15) is 4.79 Å². The molecular formula is C18H34O4. The summed E-state index contributed by atoms with van der Waals surface area (Å²) in [5.74, 6) is -0.152. The third-order valence-corrected chi connectivity index (χ3v) is 5.43. The highest BCUT2D eigenvalue weighted by molar-refractivity contribution is 5.79. The molecule has 0 spiro atoms. The van der Waals surface area contributed by atoms with Gasteiger partial charge in [0.1, 0.15) is 22.7 Å². The van der Waals surface area contributed by atoms with Gasteiger partial charge in [-0.05, 0) is 45.4 Å². The Balaban J connectivity index is 3.19. The molecule has 130 valence electrons. The number of ether oxygens (including phenoxy) is 1. The molecule has 22 heavy (non-hydrogen) atoms. The maximum absolute atomic E-state index is 13.0. The maximum atomic E-state index is 13.0. The van der Waals surface area contributed by atoms with Crippen molar-refractivity contribution >= 4 is 5.97 Å². The zero-order valence-corrected chi connectivity index (χ0v) is 16.0. The Morgan fingerprint density at radius 3 is 1.95 bits per heavy atom. The van der Waals surface area contributed by atoms with Crippen molar-refractivity contribution in [3.05, 3.63) is 0 Å². The third-order valence-electron chi connectivity index (χ3n) is 5.43. The molecule has 4 nitrogen and oxygen atoms in total. The monoisotopic (exact) mass is 314 g/mol. The molecule has 0 aromatic carbocycles. The molecule has 1 saturated heterocycles. The second-order valence-corrected chi connectivity index (χ2v) is 8.89. The van der Waals surface area contributed by atoms with Crippen LogP contribution in [0.2, 0.25) is 0 Å². The molecule has 0 aliphatic carbocycles. The summed E-state index contributed by atoms with van der Waals surface area (Å²) >= 11 is 0. The summed E-state index contributed by atoms with van der Waals surface area (Å²) in [5.41, 5.74) is -2.09. The van der Waals surface area contributed by atoms with Crippen LogP contribution in [0.3, 0.4) is 0 Å². The number of carbonyl (C=O) groups is 1. The molecule has 3 atom stereocenters. The van der Waals surface area contributed by atoms with Crippen molar-refractivity contribution in [2.45, 2.75) is 93.0 Å². The molecular weight excluding hydrogens is 280 g/mol. The fourth-order valence-corrected chi connectivity index (χ4v) is 3.01. The van der Waals surface area contributed by atoms with Gasteiger partial charge in [-0.25, -0.2) is 9.78 Å². The number of esters is 1. The summed E-state index contributed by atoms with van der Waals surface area (Å²) in [6.07, 6.45) is 0.605. The highest BCUT2D eigenvalue weighted by Crippen LogP contribution is 2.54. The Bertz CT molecular complexity index is 421. The van der Waals surface area contributed by atoms with Crippen LogP contribution in [0.5, 0.6) is 0 Å². The van der Waals surface area contributed by atoms with Gasteiger partial charge in [-0.15, -0.1) is 0 Å². The first-order valence-electron chi connectivity index (χ1n) is 8.30. The number of hydrogen-bond acceptors (Lipinski definition) is 4. The van der Waals surface area contributed by atoms with Gasteiger partial charge < -0.3 is 4.74 Å². The Labute approximate surface area is 135 Å². The zero-order valence-electron chi connectivity index (χ0n) is 16.0. The van der Waals surface area contributed by atoms with Crippen molar-refractivity contribution in [3.63, 3.8) is 0 Å². The van der Waals surface area contributed by atoms with Crippen molar-refractivity contribution in [2.24, 2.45) is 16.7 Å². The van der Waals surface area contributed by atoms with E-state index >= 15 is 0 Å². The lowest BCUT2D eigenvalue weighted by atomic mass is 9.60. The van der Waals surface area contributed by atoms with Gasteiger partial charge in [0.2, 0.25) is 0 Å². The molecule has 0 amide bonds. The molecule has 0 saturated carbocycles. The molecule has 0 aromatic rings. The van der Waals surface area contributed by atoms with E-state index in [-0.39, 0.29) is 23.4 Å². The van der Waals surface area contributed by atoms with E-state index < -0.39 is 16.6 Å². The fraction of sp³-hybridized carbons (Fsp3) is 0.944. The summed E-state index contributed by atoms with van der Waals surface area (Å²) in [5, 5.41) is 0. The largest absolute Gasteiger partial charge is 0.459 e.